The number of carbonyl (C=O) groups excluding carboxylic acids is 1. The number of thiol groups is 1. The number of nitrogens with zero attached hydrogens (tertiary/aromatic N) is 3. The number of hydrogen-bond acceptors (Lipinski definition) is 5. The Labute approximate surface area is 201 Å². The van der Waals surface area contributed by atoms with Crippen molar-refractivity contribution in [2.24, 2.45) is 0 Å². The fourth-order valence-electron chi connectivity index (χ4n) is 3.83. The molecular formula is C26H19FN4O3S. The fourth-order valence-corrected chi connectivity index (χ4v) is 4.22. The van der Waals surface area contributed by atoms with Crippen LogP contribution in [0.15, 0.2) is 90.2 Å². The number of aromatic nitrogens is 3. The maximum Gasteiger partial charge on any atom is 0.274 e. The zero-order valence-electron chi connectivity index (χ0n) is 18.5. The van der Waals surface area contributed by atoms with Gasteiger partial charge in [-0.25, -0.2) is 17.8 Å². The number of nitrogens with one attached hydrogen (secondary N) is 1. The van der Waals surface area contributed by atoms with E-state index in [0.29, 0.717) is 28.3 Å². The summed E-state index contributed by atoms with van der Waals surface area (Å²) in [5.41, 5.74) is 4.98. The minimum Gasteiger partial charge on any atom is -0.321 e. The summed E-state index contributed by atoms with van der Waals surface area (Å²) < 4.78 is 37.7. The van der Waals surface area contributed by atoms with Crippen LogP contribution in [-0.4, -0.2) is 28.7 Å². The van der Waals surface area contributed by atoms with E-state index in [-0.39, 0.29) is 10.7 Å². The number of benzene rings is 2. The molecule has 1 N–H and O–H groups in total. The molecule has 3 heterocycles. The molecule has 9 heteroatoms. The highest BCUT2D eigenvalue weighted by molar-refractivity contribution is 7.72. The molecular weight excluding hydrogens is 467 g/mol. The van der Waals surface area contributed by atoms with Gasteiger partial charge in [-0.2, -0.15) is 0 Å². The molecule has 0 saturated carbocycles. The van der Waals surface area contributed by atoms with E-state index in [2.05, 4.69) is 15.3 Å². The summed E-state index contributed by atoms with van der Waals surface area (Å²) in [4.78, 5) is 22.0. The van der Waals surface area contributed by atoms with E-state index in [1.165, 1.54) is 36.5 Å². The van der Waals surface area contributed by atoms with Gasteiger partial charge in [-0.15, -0.1) is 0 Å². The summed E-state index contributed by atoms with van der Waals surface area (Å²) in [6.07, 6.45) is 4.96. The van der Waals surface area contributed by atoms with Gasteiger partial charge in [-0.1, -0.05) is 6.07 Å². The summed E-state index contributed by atoms with van der Waals surface area (Å²) in [5, 5.41) is 2.77. The summed E-state index contributed by atoms with van der Waals surface area (Å²) in [7, 11) is -2.69. The second-order valence-electron chi connectivity index (χ2n) is 7.91. The van der Waals surface area contributed by atoms with Crippen molar-refractivity contribution in [3.05, 3.63) is 102 Å². The average Bonchev–Trinajstić information content (AvgIpc) is 3.29. The molecule has 0 aliphatic rings. The van der Waals surface area contributed by atoms with Gasteiger partial charge in [0.1, 0.15) is 17.2 Å². The molecule has 0 atom stereocenters. The molecule has 2 aromatic carbocycles. The van der Waals surface area contributed by atoms with Crippen molar-refractivity contribution in [1.29, 1.82) is 0 Å². The fraction of sp³-hybridized carbons (Fsp3) is 0.0385. The Kier molecular flexibility index (Phi) is 5.84. The minimum absolute atomic E-state index is 0.168. The number of hydrogen-bond donors (Lipinski definition) is 2. The maximum absolute atomic E-state index is 13.8. The Morgan fingerprint density at radius 1 is 0.971 bits per heavy atom. The molecule has 0 radical (unpaired) electrons. The number of anilines is 1. The first-order valence-electron chi connectivity index (χ1n) is 10.7. The lowest BCUT2D eigenvalue weighted by atomic mass is 9.99. The zero-order chi connectivity index (χ0) is 24.5. The first-order chi connectivity index (χ1) is 16.9. The lowest BCUT2D eigenvalue weighted by molar-refractivity contribution is 0.102. The van der Waals surface area contributed by atoms with Gasteiger partial charge in [-0.05, 0) is 73.2 Å². The van der Waals surface area contributed by atoms with Crippen LogP contribution >= 0.6 is 0 Å². The Morgan fingerprint density at radius 2 is 1.74 bits per heavy atom. The second kappa shape index (κ2) is 9.11. The maximum atomic E-state index is 13.8. The van der Waals surface area contributed by atoms with E-state index < -0.39 is 16.6 Å². The Bertz CT molecular complexity index is 1650. The standard InChI is InChI=1S/C26H19FN4O3S/c1-16-13-17(4-10-22(16)27)25-21(3-2-12-28-25)18-5-11-24-29-14-23(31(24)15-18)26(32)30-19-6-8-20(9-7-19)35(33)34/h2-15,35H,1H3,(H,30,32). The molecule has 1 amide bonds. The van der Waals surface area contributed by atoms with E-state index >= 15 is 0 Å². The molecule has 5 aromatic rings. The van der Waals surface area contributed by atoms with Crippen molar-refractivity contribution in [2.75, 3.05) is 5.32 Å². The van der Waals surface area contributed by atoms with Gasteiger partial charge in [0, 0.05) is 34.8 Å². The number of pyridine rings is 2. The van der Waals surface area contributed by atoms with Crippen molar-refractivity contribution in [3.63, 3.8) is 0 Å². The van der Waals surface area contributed by atoms with E-state index in [4.69, 9.17) is 0 Å². The highest BCUT2D eigenvalue weighted by Crippen LogP contribution is 2.31. The number of fused-ring (bicyclic) bond motifs is 1. The van der Waals surface area contributed by atoms with Crippen molar-refractivity contribution >= 4 is 27.9 Å². The largest absolute Gasteiger partial charge is 0.321 e. The Balaban J connectivity index is 1.52. The number of rotatable bonds is 5. The number of aryl methyl sites for hydroxylation is 1. The molecule has 3 aromatic heterocycles. The molecule has 0 bridgehead atoms. The van der Waals surface area contributed by atoms with Crippen LogP contribution in [0.25, 0.3) is 28.0 Å². The molecule has 174 valence electrons. The number of imidazole rings is 1. The van der Waals surface area contributed by atoms with E-state index in [1.807, 2.05) is 18.2 Å². The summed E-state index contributed by atoms with van der Waals surface area (Å²) >= 11 is 0. The lowest BCUT2D eigenvalue weighted by Crippen LogP contribution is -2.14. The Hall–Kier alpha value is -4.37. The third-order valence-corrected chi connectivity index (χ3v) is 6.34. The van der Waals surface area contributed by atoms with Gasteiger partial charge >= 0.3 is 0 Å². The summed E-state index contributed by atoms with van der Waals surface area (Å²) in [6, 6.07) is 18.2. The van der Waals surface area contributed by atoms with Gasteiger partial charge in [0.2, 0.25) is 0 Å². The van der Waals surface area contributed by atoms with E-state index in [0.717, 1.165) is 16.7 Å². The topological polar surface area (TPSA) is 93.4 Å². The minimum atomic E-state index is -2.69. The Morgan fingerprint density at radius 3 is 2.49 bits per heavy atom. The zero-order valence-corrected chi connectivity index (χ0v) is 19.4. The lowest BCUT2D eigenvalue weighted by Gasteiger charge is -2.11. The quantitative estimate of drug-likeness (QED) is 0.350. The van der Waals surface area contributed by atoms with Crippen LogP contribution in [0.3, 0.4) is 0 Å². The van der Waals surface area contributed by atoms with Crippen LogP contribution in [-0.2, 0) is 10.7 Å². The predicted octanol–water partition coefficient (Wildman–Crippen LogP) is 4.73. The average molecular weight is 487 g/mol. The van der Waals surface area contributed by atoms with Gasteiger partial charge in [0.15, 0.2) is 10.7 Å². The van der Waals surface area contributed by atoms with Crippen LogP contribution in [0.4, 0.5) is 10.1 Å². The van der Waals surface area contributed by atoms with Crippen LogP contribution in [0, 0.1) is 12.7 Å². The van der Waals surface area contributed by atoms with Crippen molar-refractivity contribution in [3.8, 4) is 22.4 Å². The third-order valence-electron chi connectivity index (χ3n) is 5.62. The van der Waals surface area contributed by atoms with E-state index in [9.17, 15) is 17.6 Å². The van der Waals surface area contributed by atoms with Crippen molar-refractivity contribution in [1.82, 2.24) is 14.4 Å². The van der Waals surface area contributed by atoms with Crippen molar-refractivity contribution in [2.45, 2.75) is 11.8 Å². The van der Waals surface area contributed by atoms with Crippen molar-refractivity contribution < 1.29 is 17.6 Å². The van der Waals surface area contributed by atoms with Crippen LogP contribution < -0.4 is 5.32 Å². The number of halogens is 1. The smallest absolute Gasteiger partial charge is 0.274 e. The van der Waals surface area contributed by atoms with Gasteiger partial charge in [0.25, 0.3) is 5.91 Å². The van der Waals surface area contributed by atoms with Gasteiger partial charge in [-0.3, -0.25) is 14.2 Å². The highest BCUT2D eigenvalue weighted by atomic mass is 32.2. The molecule has 0 saturated heterocycles. The van der Waals surface area contributed by atoms with Crippen LogP contribution in [0.5, 0.6) is 0 Å². The molecule has 35 heavy (non-hydrogen) atoms. The van der Waals surface area contributed by atoms with E-state index in [1.54, 1.807) is 41.9 Å². The second-order valence-corrected chi connectivity index (χ2v) is 8.94. The normalized spacial score (nSPS) is 11.2. The molecule has 5 rings (SSSR count). The van der Waals surface area contributed by atoms with Gasteiger partial charge < -0.3 is 5.32 Å². The molecule has 0 unspecified atom stereocenters. The summed E-state index contributed by atoms with van der Waals surface area (Å²) in [6.45, 7) is 1.71. The monoisotopic (exact) mass is 486 g/mol. The first kappa shape index (κ1) is 22.4. The molecule has 0 aliphatic carbocycles. The summed E-state index contributed by atoms with van der Waals surface area (Å²) in [5.74, 6) is -0.673. The van der Waals surface area contributed by atoms with Crippen LogP contribution in [0.2, 0.25) is 0 Å². The molecule has 0 spiro atoms. The third kappa shape index (κ3) is 4.41. The van der Waals surface area contributed by atoms with Gasteiger partial charge in [0.05, 0.1) is 16.8 Å². The molecule has 0 aliphatic heterocycles. The SMILES string of the molecule is Cc1cc(-c2ncccc2-c2ccc3ncc(C(=O)Nc4ccc([SH](=O)=O)cc4)n3c2)ccc1F. The molecule has 0 fully saturated rings. The first-order valence-corrected chi connectivity index (χ1v) is 11.8. The number of amides is 1. The predicted molar refractivity (Wildman–Crippen MR) is 132 cm³/mol. The van der Waals surface area contributed by atoms with Crippen LogP contribution in [0.1, 0.15) is 16.1 Å². The highest BCUT2D eigenvalue weighted by Gasteiger charge is 2.15. The number of carbonyl (C=O) groups is 1. The molecule has 7 nitrogen and oxygen atoms in total.